The molecule has 2 saturated heterocycles. The molecule has 7 heteroatoms. The highest BCUT2D eigenvalue weighted by Crippen LogP contribution is 2.21. The van der Waals surface area contributed by atoms with Gasteiger partial charge >= 0.3 is 0 Å². The Labute approximate surface area is 172 Å². The Morgan fingerprint density at radius 2 is 2.00 bits per heavy atom. The topological polar surface area (TPSA) is 30.9 Å². The zero-order chi connectivity index (χ0) is 17.8. The minimum Gasteiger partial charge on any atom is -0.356 e. The van der Waals surface area contributed by atoms with Crippen LogP contribution in [0.5, 0.6) is 0 Å². The van der Waals surface area contributed by atoms with E-state index >= 15 is 0 Å². The fourth-order valence-electron chi connectivity index (χ4n) is 3.93. The average molecular weight is 478 g/mol. The Morgan fingerprint density at radius 1 is 1.27 bits per heavy atom. The molecule has 1 aromatic carbocycles. The van der Waals surface area contributed by atoms with E-state index in [9.17, 15) is 8.78 Å². The molecule has 1 N–H and O–H groups in total. The molecule has 0 radical (unpaired) electrons. The van der Waals surface area contributed by atoms with Crippen LogP contribution in [0.25, 0.3) is 0 Å². The van der Waals surface area contributed by atoms with Gasteiger partial charge in [0.05, 0.1) is 0 Å². The third-order valence-corrected chi connectivity index (χ3v) is 5.39. The minimum atomic E-state index is -0.540. The summed E-state index contributed by atoms with van der Waals surface area (Å²) in [5, 5.41) is 3.36. The second-order valence-corrected chi connectivity index (χ2v) is 7.13. The van der Waals surface area contributed by atoms with E-state index in [1.807, 2.05) is 6.92 Å². The molecule has 0 aromatic heterocycles. The molecule has 2 unspecified atom stereocenters. The maximum Gasteiger partial charge on any atom is 0.193 e. The van der Waals surface area contributed by atoms with Gasteiger partial charge in [-0.2, -0.15) is 0 Å². The monoisotopic (exact) mass is 478 g/mol. The standard InChI is InChI=1S/C19H28F2N4.HI/c1-14(17-6-5-15(20)11-18(17)21)12-23-19(22-2)25-10-7-16(13-25)24-8-3-4-9-24;/h5-6,11,14,16H,3-4,7-10,12-13H2,1-2H3,(H,22,23);1H. The van der Waals surface area contributed by atoms with E-state index in [0.29, 0.717) is 18.2 Å². The zero-order valence-corrected chi connectivity index (χ0v) is 17.9. The van der Waals surface area contributed by atoms with Crippen LogP contribution in [0, 0.1) is 11.6 Å². The number of rotatable bonds is 4. The summed E-state index contributed by atoms with van der Waals surface area (Å²) >= 11 is 0. The number of nitrogens with one attached hydrogen (secondary N) is 1. The molecular formula is C19H29F2IN4. The first-order chi connectivity index (χ1) is 12.1. The molecular weight excluding hydrogens is 449 g/mol. The van der Waals surface area contributed by atoms with E-state index in [1.165, 1.54) is 44.5 Å². The van der Waals surface area contributed by atoms with Crippen molar-refractivity contribution in [2.75, 3.05) is 39.8 Å². The fourth-order valence-corrected chi connectivity index (χ4v) is 3.93. The highest BCUT2D eigenvalue weighted by molar-refractivity contribution is 14.0. The first-order valence-electron chi connectivity index (χ1n) is 9.23. The SMILES string of the molecule is CN=C(NCC(C)c1ccc(F)cc1F)N1CCC(N2CCCC2)C1.I. The Kier molecular flexibility index (Phi) is 8.06. The van der Waals surface area contributed by atoms with Gasteiger partial charge in [-0.3, -0.25) is 9.89 Å². The molecule has 146 valence electrons. The van der Waals surface area contributed by atoms with Crippen LogP contribution in [0.2, 0.25) is 0 Å². The second-order valence-electron chi connectivity index (χ2n) is 7.13. The van der Waals surface area contributed by atoms with Crippen molar-refractivity contribution in [2.24, 2.45) is 4.99 Å². The summed E-state index contributed by atoms with van der Waals surface area (Å²) in [5.41, 5.74) is 0.528. The quantitative estimate of drug-likeness (QED) is 0.409. The Balaban J connectivity index is 0.00000243. The summed E-state index contributed by atoms with van der Waals surface area (Å²) in [6.45, 7) is 6.93. The Bertz CT molecular complexity index is 620. The first-order valence-corrected chi connectivity index (χ1v) is 9.23. The molecule has 2 atom stereocenters. The summed E-state index contributed by atoms with van der Waals surface area (Å²) in [7, 11) is 1.79. The highest BCUT2D eigenvalue weighted by atomic mass is 127. The number of likely N-dealkylation sites (tertiary alicyclic amines) is 2. The van der Waals surface area contributed by atoms with Gasteiger partial charge in [0.1, 0.15) is 11.6 Å². The van der Waals surface area contributed by atoms with Crippen molar-refractivity contribution in [2.45, 2.75) is 38.1 Å². The van der Waals surface area contributed by atoms with Crippen molar-refractivity contribution in [1.29, 1.82) is 0 Å². The van der Waals surface area contributed by atoms with Crippen molar-refractivity contribution in [3.8, 4) is 0 Å². The molecule has 0 aliphatic carbocycles. The van der Waals surface area contributed by atoms with E-state index in [2.05, 4.69) is 20.1 Å². The lowest BCUT2D eigenvalue weighted by Gasteiger charge is -2.26. The zero-order valence-electron chi connectivity index (χ0n) is 15.5. The Morgan fingerprint density at radius 3 is 2.65 bits per heavy atom. The van der Waals surface area contributed by atoms with Crippen LogP contribution in [-0.2, 0) is 0 Å². The van der Waals surface area contributed by atoms with Crippen LogP contribution in [-0.4, -0.2) is 61.6 Å². The maximum atomic E-state index is 13.9. The van der Waals surface area contributed by atoms with Crippen molar-refractivity contribution < 1.29 is 8.78 Å². The van der Waals surface area contributed by atoms with Crippen LogP contribution in [0.15, 0.2) is 23.2 Å². The smallest absolute Gasteiger partial charge is 0.193 e. The fraction of sp³-hybridized carbons (Fsp3) is 0.632. The summed E-state index contributed by atoms with van der Waals surface area (Å²) < 4.78 is 27.0. The first kappa shape index (κ1) is 21.3. The number of benzene rings is 1. The molecule has 0 bridgehead atoms. The molecule has 2 aliphatic heterocycles. The van der Waals surface area contributed by atoms with E-state index in [-0.39, 0.29) is 29.9 Å². The van der Waals surface area contributed by atoms with Crippen LogP contribution < -0.4 is 5.32 Å². The molecule has 1 aromatic rings. The number of aliphatic imine (C=N–C) groups is 1. The van der Waals surface area contributed by atoms with Crippen LogP contribution >= 0.6 is 24.0 Å². The van der Waals surface area contributed by atoms with Crippen LogP contribution in [0.4, 0.5) is 8.78 Å². The predicted octanol–water partition coefficient (Wildman–Crippen LogP) is 3.43. The molecule has 0 amide bonds. The van der Waals surface area contributed by atoms with Crippen molar-refractivity contribution in [1.82, 2.24) is 15.1 Å². The van der Waals surface area contributed by atoms with Gasteiger partial charge in [0.25, 0.3) is 0 Å². The minimum absolute atomic E-state index is 0. The number of nitrogens with zero attached hydrogens (tertiary/aromatic N) is 3. The Hall–Kier alpha value is -0.960. The maximum absolute atomic E-state index is 13.9. The lowest BCUT2D eigenvalue weighted by molar-refractivity contribution is 0.249. The van der Waals surface area contributed by atoms with Crippen LogP contribution in [0.1, 0.15) is 37.7 Å². The predicted molar refractivity (Wildman–Crippen MR) is 112 cm³/mol. The summed E-state index contributed by atoms with van der Waals surface area (Å²) in [5.74, 6) is -0.216. The molecule has 0 saturated carbocycles. The summed E-state index contributed by atoms with van der Waals surface area (Å²) in [6, 6.07) is 4.40. The van der Waals surface area contributed by atoms with Gasteiger partial charge in [0, 0.05) is 44.7 Å². The van der Waals surface area contributed by atoms with Gasteiger partial charge in [0.2, 0.25) is 0 Å². The normalized spacial score (nSPS) is 22.4. The van der Waals surface area contributed by atoms with Crippen molar-refractivity contribution >= 4 is 29.9 Å². The van der Waals surface area contributed by atoms with E-state index in [0.717, 1.165) is 25.1 Å². The van der Waals surface area contributed by atoms with E-state index in [1.54, 1.807) is 7.05 Å². The lowest BCUT2D eigenvalue weighted by Crippen LogP contribution is -2.43. The third kappa shape index (κ3) is 5.06. The van der Waals surface area contributed by atoms with E-state index < -0.39 is 11.6 Å². The average Bonchev–Trinajstić information content (AvgIpc) is 3.26. The van der Waals surface area contributed by atoms with Gasteiger partial charge in [-0.15, -0.1) is 24.0 Å². The van der Waals surface area contributed by atoms with Gasteiger partial charge in [0.15, 0.2) is 5.96 Å². The number of hydrogen-bond acceptors (Lipinski definition) is 2. The van der Waals surface area contributed by atoms with Gasteiger partial charge in [-0.1, -0.05) is 13.0 Å². The van der Waals surface area contributed by atoms with Gasteiger partial charge in [-0.05, 0) is 44.0 Å². The lowest BCUT2D eigenvalue weighted by atomic mass is 10.0. The molecule has 26 heavy (non-hydrogen) atoms. The van der Waals surface area contributed by atoms with Gasteiger partial charge in [-0.25, -0.2) is 8.78 Å². The van der Waals surface area contributed by atoms with Gasteiger partial charge < -0.3 is 10.2 Å². The summed E-state index contributed by atoms with van der Waals surface area (Å²) in [6.07, 6.45) is 3.79. The molecule has 3 rings (SSSR count). The largest absolute Gasteiger partial charge is 0.356 e. The van der Waals surface area contributed by atoms with Crippen LogP contribution in [0.3, 0.4) is 0 Å². The molecule has 2 fully saturated rings. The third-order valence-electron chi connectivity index (χ3n) is 5.39. The highest BCUT2D eigenvalue weighted by Gasteiger charge is 2.30. The molecule has 2 heterocycles. The van der Waals surface area contributed by atoms with Crippen molar-refractivity contribution in [3.05, 3.63) is 35.4 Å². The number of hydrogen-bond donors (Lipinski definition) is 1. The second kappa shape index (κ2) is 9.82. The van der Waals surface area contributed by atoms with E-state index in [4.69, 9.17) is 0 Å². The molecule has 4 nitrogen and oxygen atoms in total. The molecule has 2 aliphatic rings. The number of guanidine groups is 1. The molecule has 0 spiro atoms. The number of halogens is 3. The van der Waals surface area contributed by atoms with Crippen molar-refractivity contribution in [3.63, 3.8) is 0 Å². The summed E-state index contributed by atoms with van der Waals surface area (Å²) in [4.78, 5) is 9.27.